The normalized spacial score (nSPS) is 19.5. The number of dihydropyridines is 1. The molecule has 3 heterocycles. The molecule has 0 saturated carbocycles. The maximum atomic E-state index is 13.4. The van der Waals surface area contributed by atoms with Gasteiger partial charge in [-0.3, -0.25) is 0 Å². The standard InChI is InChI=1S/C14H16FN5/c1-2-11(13-16-6-7-17-13)20-9-8-18-14(20)10-4-3-5-12(15)19-10/h3-9,11-12,19H,2H2,1H3,(H,16,17). The molecule has 0 saturated heterocycles. The molecular formula is C14H16FN5. The first-order chi connectivity index (χ1) is 9.79. The van der Waals surface area contributed by atoms with Crippen molar-refractivity contribution in [2.45, 2.75) is 25.7 Å². The predicted molar refractivity (Wildman–Crippen MR) is 74.4 cm³/mol. The number of H-pyrrole nitrogens is 1. The largest absolute Gasteiger partial charge is 0.350 e. The molecule has 0 aromatic carbocycles. The lowest BCUT2D eigenvalue weighted by molar-refractivity contribution is 0.368. The van der Waals surface area contributed by atoms with Crippen LogP contribution in [0.2, 0.25) is 0 Å². The Morgan fingerprint density at radius 2 is 2.30 bits per heavy atom. The van der Waals surface area contributed by atoms with E-state index in [1.807, 2.05) is 16.8 Å². The summed E-state index contributed by atoms with van der Waals surface area (Å²) < 4.78 is 15.4. The summed E-state index contributed by atoms with van der Waals surface area (Å²) >= 11 is 0. The molecular weight excluding hydrogens is 257 g/mol. The Bertz CT molecular complexity index is 626. The van der Waals surface area contributed by atoms with Crippen LogP contribution in [0.5, 0.6) is 0 Å². The Balaban J connectivity index is 1.97. The summed E-state index contributed by atoms with van der Waals surface area (Å²) in [4.78, 5) is 11.8. The molecule has 2 atom stereocenters. The Kier molecular flexibility index (Phi) is 3.37. The highest BCUT2D eigenvalue weighted by Gasteiger charge is 2.20. The first-order valence-electron chi connectivity index (χ1n) is 6.61. The lowest BCUT2D eigenvalue weighted by Gasteiger charge is -2.21. The number of nitrogens with zero attached hydrogens (tertiary/aromatic N) is 3. The molecule has 2 N–H and O–H groups in total. The summed E-state index contributed by atoms with van der Waals surface area (Å²) in [5.41, 5.74) is 0.676. The van der Waals surface area contributed by atoms with Gasteiger partial charge in [-0.25, -0.2) is 14.4 Å². The number of imidazole rings is 2. The zero-order chi connectivity index (χ0) is 13.9. The van der Waals surface area contributed by atoms with Gasteiger partial charge in [0, 0.05) is 24.8 Å². The quantitative estimate of drug-likeness (QED) is 0.841. The van der Waals surface area contributed by atoms with Gasteiger partial charge in [-0.1, -0.05) is 13.0 Å². The Morgan fingerprint density at radius 3 is 3.00 bits per heavy atom. The van der Waals surface area contributed by atoms with E-state index in [9.17, 15) is 4.39 Å². The van der Waals surface area contributed by atoms with Crippen LogP contribution in [0.3, 0.4) is 0 Å². The summed E-state index contributed by atoms with van der Waals surface area (Å²) in [5, 5.41) is 2.78. The SMILES string of the molecule is CCC(c1ncc[nH]1)n1ccnc1C1=CC=CC(F)N1. The van der Waals surface area contributed by atoms with Crippen molar-refractivity contribution in [3.05, 3.63) is 54.7 Å². The fourth-order valence-corrected chi connectivity index (χ4v) is 2.39. The molecule has 5 nitrogen and oxygen atoms in total. The van der Waals surface area contributed by atoms with E-state index in [4.69, 9.17) is 0 Å². The maximum Gasteiger partial charge on any atom is 0.189 e. The molecule has 1 aliphatic heterocycles. The lowest BCUT2D eigenvalue weighted by Crippen LogP contribution is -2.26. The molecule has 3 rings (SSSR count). The number of allylic oxidation sites excluding steroid dienone is 2. The zero-order valence-corrected chi connectivity index (χ0v) is 11.1. The average molecular weight is 273 g/mol. The molecule has 104 valence electrons. The van der Waals surface area contributed by atoms with Gasteiger partial charge in [-0.15, -0.1) is 0 Å². The predicted octanol–water partition coefficient (Wildman–Crippen LogP) is 2.40. The highest BCUT2D eigenvalue weighted by atomic mass is 19.1. The van der Waals surface area contributed by atoms with Crippen molar-refractivity contribution >= 4 is 5.70 Å². The third kappa shape index (κ3) is 2.24. The Morgan fingerprint density at radius 1 is 1.40 bits per heavy atom. The molecule has 6 heteroatoms. The van der Waals surface area contributed by atoms with Crippen molar-refractivity contribution in [1.82, 2.24) is 24.8 Å². The Hall–Kier alpha value is -2.37. The van der Waals surface area contributed by atoms with E-state index in [0.29, 0.717) is 11.5 Å². The number of aromatic nitrogens is 4. The van der Waals surface area contributed by atoms with Crippen LogP contribution >= 0.6 is 0 Å². The highest BCUT2D eigenvalue weighted by Crippen LogP contribution is 2.24. The van der Waals surface area contributed by atoms with Gasteiger partial charge < -0.3 is 14.9 Å². The second kappa shape index (κ2) is 5.32. The molecule has 0 spiro atoms. The van der Waals surface area contributed by atoms with Gasteiger partial charge in [0.2, 0.25) is 0 Å². The average Bonchev–Trinajstić information content (AvgIpc) is 3.11. The van der Waals surface area contributed by atoms with Gasteiger partial charge in [0.15, 0.2) is 12.1 Å². The second-order valence-electron chi connectivity index (χ2n) is 4.57. The van der Waals surface area contributed by atoms with Crippen molar-refractivity contribution in [3.63, 3.8) is 0 Å². The number of rotatable bonds is 4. The van der Waals surface area contributed by atoms with Crippen molar-refractivity contribution in [2.24, 2.45) is 0 Å². The number of alkyl halides is 1. The number of hydrogen-bond donors (Lipinski definition) is 2. The van der Waals surface area contributed by atoms with Crippen molar-refractivity contribution in [3.8, 4) is 0 Å². The van der Waals surface area contributed by atoms with Crippen LogP contribution in [-0.2, 0) is 0 Å². The molecule has 20 heavy (non-hydrogen) atoms. The van der Waals surface area contributed by atoms with E-state index < -0.39 is 6.30 Å². The topological polar surface area (TPSA) is 58.5 Å². The van der Waals surface area contributed by atoms with Crippen LogP contribution < -0.4 is 5.32 Å². The highest BCUT2D eigenvalue weighted by molar-refractivity contribution is 5.62. The third-order valence-electron chi connectivity index (χ3n) is 3.30. The van der Waals surface area contributed by atoms with E-state index >= 15 is 0 Å². The number of nitrogens with one attached hydrogen (secondary N) is 2. The van der Waals surface area contributed by atoms with Crippen LogP contribution in [0.4, 0.5) is 4.39 Å². The van der Waals surface area contributed by atoms with E-state index in [1.54, 1.807) is 24.7 Å². The van der Waals surface area contributed by atoms with Gasteiger partial charge in [0.05, 0.1) is 11.7 Å². The fraction of sp³-hybridized carbons (Fsp3) is 0.286. The fourth-order valence-electron chi connectivity index (χ4n) is 2.39. The third-order valence-corrected chi connectivity index (χ3v) is 3.30. The van der Waals surface area contributed by atoms with Crippen LogP contribution in [0, 0.1) is 0 Å². The van der Waals surface area contributed by atoms with Gasteiger partial charge >= 0.3 is 0 Å². The lowest BCUT2D eigenvalue weighted by atomic mass is 10.2. The minimum atomic E-state index is -1.18. The van der Waals surface area contributed by atoms with E-state index in [1.165, 1.54) is 6.08 Å². The van der Waals surface area contributed by atoms with Crippen LogP contribution in [0.1, 0.15) is 31.0 Å². The molecule has 0 bridgehead atoms. The summed E-state index contributed by atoms with van der Waals surface area (Å²) in [7, 11) is 0. The molecule has 0 amide bonds. The summed E-state index contributed by atoms with van der Waals surface area (Å²) in [5.74, 6) is 1.58. The molecule has 2 aromatic heterocycles. The molecule has 2 unspecified atom stereocenters. The number of aromatic amines is 1. The maximum absolute atomic E-state index is 13.4. The van der Waals surface area contributed by atoms with E-state index in [0.717, 1.165) is 12.2 Å². The smallest absolute Gasteiger partial charge is 0.189 e. The van der Waals surface area contributed by atoms with Gasteiger partial charge in [0.25, 0.3) is 0 Å². The monoisotopic (exact) mass is 273 g/mol. The molecule has 0 radical (unpaired) electrons. The molecule has 1 aliphatic rings. The van der Waals surface area contributed by atoms with Gasteiger partial charge in [-0.2, -0.15) is 0 Å². The summed E-state index contributed by atoms with van der Waals surface area (Å²) in [6.07, 6.45) is 11.8. The summed E-state index contributed by atoms with van der Waals surface area (Å²) in [6, 6.07) is 0.0502. The minimum Gasteiger partial charge on any atom is -0.350 e. The number of hydrogen-bond acceptors (Lipinski definition) is 3. The molecule has 0 aliphatic carbocycles. The van der Waals surface area contributed by atoms with E-state index in [2.05, 4.69) is 27.2 Å². The van der Waals surface area contributed by atoms with Crippen molar-refractivity contribution in [1.29, 1.82) is 0 Å². The van der Waals surface area contributed by atoms with Crippen LogP contribution in [-0.4, -0.2) is 25.8 Å². The van der Waals surface area contributed by atoms with Crippen molar-refractivity contribution < 1.29 is 4.39 Å². The summed E-state index contributed by atoms with van der Waals surface area (Å²) in [6.45, 7) is 2.08. The van der Waals surface area contributed by atoms with Gasteiger partial charge in [-0.05, 0) is 18.6 Å². The van der Waals surface area contributed by atoms with Crippen LogP contribution in [0.25, 0.3) is 5.70 Å². The van der Waals surface area contributed by atoms with E-state index in [-0.39, 0.29) is 6.04 Å². The first-order valence-corrected chi connectivity index (χ1v) is 6.61. The molecule has 2 aromatic rings. The zero-order valence-electron chi connectivity index (χ0n) is 11.1. The second-order valence-corrected chi connectivity index (χ2v) is 4.57. The van der Waals surface area contributed by atoms with Crippen molar-refractivity contribution in [2.75, 3.05) is 0 Å². The molecule has 0 fully saturated rings. The number of halogens is 1. The minimum absolute atomic E-state index is 0.0502. The first kappa shape index (κ1) is 12.7. The van der Waals surface area contributed by atoms with Crippen LogP contribution in [0.15, 0.2) is 43.0 Å². The Labute approximate surface area is 116 Å². The van der Waals surface area contributed by atoms with Gasteiger partial charge in [0.1, 0.15) is 5.82 Å².